The molecule has 6 nitrogen and oxygen atoms in total. The number of nitrogens with one attached hydrogen (secondary N) is 1. The predicted octanol–water partition coefficient (Wildman–Crippen LogP) is 6.03. The van der Waals surface area contributed by atoms with Gasteiger partial charge in [0.05, 0.1) is 11.5 Å². The third-order valence-electron chi connectivity index (χ3n) is 5.81. The van der Waals surface area contributed by atoms with Crippen LogP contribution in [0.15, 0.2) is 107 Å². The standard InChI is InChI=1S/C29H25N5OS/c1-20-12-14-23(15-13-20)28-32-33-29(34(28)26-10-4-3-5-11-26)36-19-27(35)31-30-21(2)24-17-16-22-8-6-7-9-25(22)18-24/h3-18H,19H2,1-2H3,(H,31,35)/b30-21+. The quantitative estimate of drug-likeness (QED) is 0.171. The van der Waals surface area contributed by atoms with Crippen molar-refractivity contribution < 1.29 is 4.79 Å². The van der Waals surface area contributed by atoms with Crippen molar-refractivity contribution in [1.82, 2.24) is 20.2 Å². The molecule has 178 valence electrons. The molecule has 0 atom stereocenters. The second kappa shape index (κ2) is 10.6. The molecule has 36 heavy (non-hydrogen) atoms. The Labute approximate surface area is 214 Å². The molecule has 1 amide bonds. The van der Waals surface area contributed by atoms with Gasteiger partial charge < -0.3 is 0 Å². The lowest BCUT2D eigenvalue weighted by Crippen LogP contribution is -2.21. The first-order chi connectivity index (χ1) is 17.6. The highest BCUT2D eigenvalue weighted by atomic mass is 32.2. The lowest BCUT2D eigenvalue weighted by atomic mass is 10.0. The van der Waals surface area contributed by atoms with E-state index in [4.69, 9.17) is 0 Å². The van der Waals surface area contributed by atoms with E-state index < -0.39 is 0 Å². The lowest BCUT2D eigenvalue weighted by molar-refractivity contribution is -0.118. The Kier molecular flexibility index (Phi) is 6.91. The van der Waals surface area contributed by atoms with E-state index in [1.807, 2.05) is 72.2 Å². The maximum absolute atomic E-state index is 12.6. The van der Waals surface area contributed by atoms with Gasteiger partial charge in [-0.2, -0.15) is 5.10 Å². The molecule has 0 aliphatic carbocycles. The summed E-state index contributed by atoms with van der Waals surface area (Å²) >= 11 is 1.33. The maximum atomic E-state index is 12.6. The highest BCUT2D eigenvalue weighted by molar-refractivity contribution is 7.99. The van der Waals surface area contributed by atoms with Crippen molar-refractivity contribution in [3.8, 4) is 17.1 Å². The van der Waals surface area contributed by atoms with Crippen LogP contribution in [-0.2, 0) is 4.79 Å². The third-order valence-corrected chi connectivity index (χ3v) is 6.73. The average Bonchev–Trinajstić information content (AvgIpc) is 3.35. The number of aromatic nitrogens is 3. The smallest absolute Gasteiger partial charge is 0.250 e. The minimum Gasteiger partial charge on any atom is -0.272 e. The van der Waals surface area contributed by atoms with Crippen LogP contribution in [0.3, 0.4) is 0 Å². The second-order valence-electron chi connectivity index (χ2n) is 8.43. The molecule has 0 aliphatic rings. The van der Waals surface area contributed by atoms with Gasteiger partial charge in [0.25, 0.3) is 5.91 Å². The molecule has 5 aromatic rings. The minimum atomic E-state index is -0.209. The van der Waals surface area contributed by atoms with E-state index in [2.05, 4.69) is 64.0 Å². The molecule has 1 aromatic heterocycles. The van der Waals surface area contributed by atoms with Crippen LogP contribution in [0.25, 0.3) is 27.8 Å². The Morgan fingerprint density at radius 3 is 2.39 bits per heavy atom. The van der Waals surface area contributed by atoms with E-state index in [-0.39, 0.29) is 11.7 Å². The number of amides is 1. The Morgan fingerprint density at radius 1 is 0.889 bits per heavy atom. The molecule has 0 aliphatic heterocycles. The fourth-order valence-corrected chi connectivity index (χ4v) is 4.59. The molecule has 0 saturated carbocycles. The van der Waals surface area contributed by atoms with Gasteiger partial charge in [-0.1, -0.05) is 96.2 Å². The van der Waals surface area contributed by atoms with Crippen LogP contribution in [0.2, 0.25) is 0 Å². The van der Waals surface area contributed by atoms with Crippen molar-refractivity contribution in [2.45, 2.75) is 19.0 Å². The molecule has 0 fully saturated rings. The third kappa shape index (κ3) is 5.21. The number of para-hydroxylation sites is 1. The van der Waals surface area contributed by atoms with Crippen LogP contribution in [0.5, 0.6) is 0 Å². The molecule has 1 N–H and O–H groups in total. The number of carbonyl (C=O) groups excluding carboxylic acids is 1. The zero-order valence-electron chi connectivity index (χ0n) is 20.1. The van der Waals surface area contributed by atoms with E-state index in [9.17, 15) is 4.79 Å². The number of hydrogen-bond donors (Lipinski definition) is 1. The number of carbonyl (C=O) groups is 1. The molecule has 0 spiro atoms. The van der Waals surface area contributed by atoms with Crippen molar-refractivity contribution in [1.29, 1.82) is 0 Å². The van der Waals surface area contributed by atoms with E-state index in [1.54, 1.807) is 0 Å². The topological polar surface area (TPSA) is 72.2 Å². The molecule has 1 heterocycles. The van der Waals surface area contributed by atoms with Gasteiger partial charge in [0.2, 0.25) is 0 Å². The summed E-state index contributed by atoms with van der Waals surface area (Å²) in [6.07, 6.45) is 0. The second-order valence-corrected chi connectivity index (χ2v) is 9.37. The SMILES string of the molecule is C/C(=N\NC(=O)CSc1nnc(-c2ccc(C)cc2)n1-c1ccccc1)c1ccc2ccccc2c1. The Hall–Kier alpha value is -4.23. The number of fused-ring (bicyclic) bond motifs is 1. The van der Waals surface area contributed by atoms with Gasteiger partial charge in [0.15, 0.2) is 11.0 Å². The van der Waals surface area contributed by atoms with E-state index in [0.29, 0.717) is 5.16 Å². The van der Waals surface area contributed by atoms with Crippen molar-refractivity contribution in [3.63, 3.8) is 0 Å². The molecule has 0 saturated heterocycles. The predicted molar refractivity (Wildman–Crippen MR) is 147 cm³/mol. The summed E-state index contributed by atoms with van der Waals surface area (Å²) in [5.41, 5.74) is 7.46. The van der Waals surface area contributed by atoms with Crippen LogP contribution in [0, 0.1) is 6.92 Å². The zero-order valence-corrected chi connectivity index (χ0v) is 20.9. The fraction of sp³-hybridized carbons (Fsp3) is 0.103. The number of rotatable bonds is 7. The van der Waals surface area contributed by atoms with Gasteiger partial charge in [-0.3, -0.25) is 9.36 Å². The summed E-state index contributed by atoms with van der Waals surface area (Å²) in [5, 5.41) is 16.1. The van der Waals surface area contributed by atoms with E-state index in [0.717, 1.165) is 33.7 Å². The molecule has 7 heteroatoms. The normalized spacial score (nSPS) is 11.6. The van der Waals surface area contributed by atoms with Crippen LogP contribution in [0.1, 0.15) is 18.1 Å². The van der Waals surface area contributed by atoms with Crippen LogP contribution in [0.4, 0.5) is 0 Å². The summed E-state index contributed by atoms with van der Waals surface area (Å²) in [6.45, 7) is 3.94. The number of aryl methyl sites for hydroxylation is 1. The first-order valence-corrected chi connectivity index (χ1v) is 12.6. The number of hydrogen-bond acceptors (Lipinski definition) is 5. The van der Waals surface area contributed by atoms with Gasteiger partial charge in [-0.25, -0.2) is 5.43 Å². The van der Waals surface area contributed by atoms with Crippen molar-refractivity contribution in [2.75, 3.05) is 5.75 Å². The Bertz CT molecular complexity index is 1540. The lowest BCUT2D eigenvalue weighted by Gasteiger charge is -2.10. The molecule has 0 radical (unpaired) electrons. The Morgan fingerprint density at radius 2 is 1.61 bits per heavy atom. The van der Waals surface area contributed by atoms with Crippen molar-refractivity contribution in [2.24, 2.45) is 5.10 Å². The summed E-state index contributed by atoms with van der Waals surface area (Å²) in [4.78, 5) is 12.6. The highest BCUT2D eigenvalue weighted by Crippen LogP contribution is 2.28. The fourth-order valence-electron chi connectivity index (χ4n) is 3.85. The maximum Gasteiger partial charge on any atom is 0.250 e. The van der Waals surface area contributed by atoms with Gasteiger partial charge in [-0.05, 0) is 48.4 Å². The number of nitrogens with zero attached hydrogens (tertiary/aromatic N) is 4. The average molecular weight is 492 g/mol. The molecule has 5 rings (SSSR count). The summed E-state index contributed by atoms with van der Waals surface area (Å²) < 4.78 is 1.98. The first kappa shape index (κ1) is 23.5. The molecule has 4 aromatic carbocycles. The number of benzene rings is 4. The van der Waals surface area contributed by atoms with Gasteiger partial charge >= 0.3 is 0 Å². The van der Waals surface area contributed by atoms with E-state index in [1.165, 1.54) is 22.7 Å². The Balaban J connectivity index is 1.31. The highest BCUT2D eigenvalue weighted by Gasteiger charge is 2.17. The summed E-state index contributed by atoms with van der Waals surface area (Å²) in [6, 6.07) is 32.4. The number of hydrazone groups is 1. The van der Waals surface area contributed by atoms with Crippen molar-refractivity contribution in [3.05, 3.63) is 108 Å². The first-order valence-electron chi connectivity index (χ1n) is 11.6. The minimum absolute atomic E-state index is 0.160. The number of thioether (sulfide) groups is 1. The van der Waals surface area contributed by atoms with Crippen LogP contribution < -0.4 is 5.43 Å². The van der Waals surface area contributed by atoms with E-state index >= 15 is 0 Å². The van der Waals surface area contributed by atoms with Crippen LogP contribution >= 0.6 is 11.8 Å². The molecular formula is C29H25N5OS. The summed E-state index contributed by atoms with van der Waals surface area (Å²) in [7, 11) is 0. The van der Waals surface area contributed by atoms with Crippen molar-refractivity contribution >= 4 is 34.2 Å². The largest absolute Gasteiger partial charge is 0.272 e. The van der Waals surface area contributed by atoms with Gasteiger partial charge in [0, 0.05) is 11.3 Å². The molecular weight excluding hydrogens is 466 g/mol. The summed E-state index contributed by atoms with van der Waals surface area (Å²) in [5.74, 6) is 0.682. The monoisotopic (exact) mass is 491 g/mol. The molecule has 0 unspecified atom stereocenters. The van der Waals surface area contributed by atoms with Gasteiger partial charge in [0.1, 0.15) is 0 Å². The van der Waals surface area contributed by atoms with Gasteiger partial charge in [-0.15, -0.1) is 10.2 Å². The van der Waals surface area contributed by atoms with Crippen LogP contribution in [-0.4, -0.2) is 32.1 Å². The molecule has 0 bridgehead atoms. The zero-order chi connectivity index (χ0) is 24.9.